The monoisotopic (exact) mass is 243 g/mol. The minimum absolute atomic E-state index is 0.715. The summed E-state index contributed by atoms with van der Waals surface area (Å²) >= 11 is 0. The van der Waals surface area contributed by atoms with Gasteiger partial charge in [-0.1, -0.05) is 43.4 Å². The van der Waals surface area contributed by atoms with E-state index in [9.17, 15) is 0 Å². The lowest BCUT2D eigenvalue weighted by Crippen LogP contribution is -2.34. The minimum atomic E-state index is 0.715. The molecular weight excluding hydrogens is 218 g/mol. The summed E-state index contributed by atoms with van der Waals surface area (Å²) in [5.41, 5.74) is 2.65. The Kier molecular flexibility index (Phi) is 3.58. The Morgan fingerprint density at radius 1 is 0.889 bits per heavy atom. The number of aryl methyl sites for hydroxylation is 1. The van der Waals surface area contributed by atoms with Gasteiger partial charge in [-0.3, -0.25) is 0 Å². The van der Waals surface area contributed by atoms with Gasteiger partial charge in [-0.25, -0.2) is 0 Å². The summed E-state index contributed by atoms with van der Waals surface area (Å²) in [5.74, 6) is 2.06. The smallest absolute Gasteiger partial charge is 0.0342 e. The number of benzene rings is 1. The lowest BCUT2D eigenvalue weighted by atomic mass is 9.69. The van der Waals surface area contributed by atoms with E-state index in [0.717, 1.165) is 11.8 Å². The van der Waals surface area contributed by atoms with Gasteiger partial charge in [0.15, 0.2) is 0 Å². The summed E-state index contributed by atoms with van der Waals surface area (Å²) in [5, 5.41) is 3.74. The molecule has 1 heteroatoms. The zero-order valence-electron chi connectivity index (χ0n) is 11.5. The van der Waals surface area contributed by atoms with Gasteiger partial charge in [0.1, 0.15) is 0 Å². The van der Waals surface area contributed by atoms with E-state index >= 15 is 0 Å². The summed E-state index contributed by atoms with van der Waals surface area (Å²) < 4.78 is 0. The summed E-state index contributed by atoms with van der Waals surface area (Å²) in [6.07, 6.45) is 10.2. The van der Waals surface area contributed by atoms with Crippen molar-refractivity contribution >= 4 is 5.69 Å². The molecule has 2 aliphatic rings. The Hall–Kier alpha value is -0.980. The molecule has 2 saturated carbocycles. The lowest BCUT2D eigenvalue weighted by molar-refractivity contribution is 0.162. The SMILES string of the molecule is Cc1ccc(NC2CCC3CCCCC3C2)cc1. The minimum Gasteiger partial charge on any atom is -0.382 e. The van der Waals surface area contributed by atoms with Gasteiger partial charge < -0.3 is 5.32 Å². The first-order valence-electron chi connectivity index (χ1n) is 7.64. The van der Waals surface area contributed by atoms with E-state index in [-0.39, 0.29) is 0 Å². The Balaban J connectivity index is 1.59. The van der Waals surface area contributed by atoms with E-state index in [2.05, 4.69) is 36.5 Å². The van der Waals surface area contributed by atoms with E-state index in [1.54, 1.807) is 0 Å². The van der Waals surface area contributed by atoms with Gasteiger partial charge >= 0.3 is 0 Å². The topological polar surface area (TPSA) is 12.0 Å². The molecule has 3 atom stereocenters. The molecule has 0 saturated heterocycles. The highest BCUT2D eigenvalue weighted by atomic mass is 14.9. The van der Waals surface area contributed by atoms with Gasteiger partial charge in [0, 0.05) is 11.7 Å². The number of nitrogens with one attached hydrogen (secondary N) is 1. The molecule has 2 fully saturated rings. The van der Waals surface area contributed by atoms with E-state index < -0.39 is 0 Å². The van der Waals surface area contributed by atoms with Crippen molar-refractivity contribution < 1.29 is 0 Å². The molecule has 0 aromatic heterocycles. The molecule has 0 aliphatic heterocycles. The van der Waals surface area contributed by atoms with Crippen LogP contribution in [0.3, 0.4) is 0 Å². The summed E-state index contributed by atoms with van der Waals surface area (Å²) in [7, 11) is 0. The van der Waals surface area contributed by atoms with Crippen LogP contribution in [-0.4, -0.2) is 6.04 Å². The predicted molar refractivity (Wildman–Crippen MR) is 77.9 cm³/mol. The predicted octanol–water partition coefficient (Wildman–Crippen LogP) is 4.77. The van der Waals surface area contributed by atoms with Crippen LogP contribution in [0.5, 0.6) is 0 Å². The van der Waals surface area contributed by atoms with Gasteiger partial charge in [-0.2, -0.15) is 0 Å². The van der Waals surface area contributed by atoms with E-state index in [0.29, 0.717) is 6.04 Å². The molecule has 1 aromatic carbocycles. The van der Waals surface area contributed by atoms with E-state index in [4.69, 9.17) is 0 Å². The van der Waals surface area contributed by atoms with Gasteiger partial charge in [-0.15, -0.1) is 0 Å². The fourth-order valence-corrected chi connectivity index (χ4v) is 3.89. The molecule has 0 radical (unpaired) electrons. The fourth-order valence-electron chi connectivity index (χ4n) is 3.89. The highest BCUT2D eigenvalue weighted by Gasteiger charge is 2.31. The first-order valence-corrected chi connectivity index (χ1v) is 7.64. The standard InChI is InChI=1S/C17H25N/c1-13-6-9-16(10-7-13)18-17-11-8-14-4-2-3-5-15(14)12-17/h6-7,9-10,14-15,17-18H,2-5,8,11-12H2,1H3. The highest BCUT2D eigenvalue weighted by Crippen LogP contribution is 2.41. The molecule has 0 amide bonds. The van der Waals surface area contributed by atoms with Gasteiger partial charge in [0.2, 0.25) is 0 Å². The molecule has 3 rings (SSSR count). The van der Waals surface area contributed by atoms with Crippen LogP contribution in [0.1, 0.15) is 50.5 Å². The molecular formula is C17H25N. The average Bonchev–Trinajstić information content (AvgIpc) is 2.41. The Morgan fingerprint density at radius 2 is 1.61 bits per heavy atom. The van der Waals surface area contributed by atoms with Crippen LogP contribution in [0.2, 0.25) is 0 Å². The summed E-state index contributed by atoms with van der Waals surface area (Å²) in [4.78, 5) is 0. The molecule has 18 heavy (non-hydrogen) atoms. The number of fused-ring (bicyclic) bond motifs is 1. The molecule has 0 heterocycles. The zero-order valence-corrected chi connectivity index (χ0v) is 11.5. The molecule has 1 N–H and O–H groups in total. The van der Waals surface area contributed by atoms with Crippen LogP contribution in [0.4, 0.5) is 5.69 Å². The number of hydrogen-bond acceptors (Lipinski definition) is 1. The maximum Gasteiger partial charge on any atom is 0.0342 e. The third-order valence-electron chi connectivity index (χ3n) is 4.96. The highest BCUT2D eigenvalue weighted by molar-refractivity contribution is 5.45. The maximum absolute atomic E-state index is 3.74. The van der Waals surface area contributed by atoms with E-state index in [1.165, 1.54) is 56.2 Å². The van der Waals surface area contributed by atoms with Crippen molar-refractivity contribution in [2.75, 3.05) is 5.32 Å². The molecule has 2 aliphatic carbocycles. The Morgan fingerprint density at radius 3 is 2.39 bits per heavy atom. The quantitative estimate of drug-likeness (QED) is 0.789. The largest absolute Gasteiger partial charge is 0.382 e. The zero-order chi connectivity index (χ0) is 12.4. The van der Waals surface area contributed by atoms with Crippen LogP contribution in [0.25, 0.3) is 0 Å². The maximum atomic E-state index is 3.74. The Bertz CT molecular complexity index is 381. The summed E-state index contributed by atoms with van der Waals surface area (Å²) in [6.45, 7) is 2.15. The fraction of sp³-hybridized carbons (Fsp3) is 0.647. The van der Waals surface area contributed by atoms with Crippen LogP contribution in [0.15, 0.2) is 24.3 Å². The van der Waals surface area contributed by atoms with Crippen molar-refractivity contribution in [3.05, 3.63) is 29.8 Å². The van der Waals surface area contributed by atoms with Crippen molar-refractivity contribution in [3.63, 3.8) is 0 Å². The molecule has 1 aromatic rings. The van der Waals surface area contributed by atoms with Gasteiger partial charge in [0.05, 0.1) is 0 Å². The number of hydrogen-bond donors (Lipinski definition) is 1. The second-order valence-corrected chi connectivity index (χ2v) is 6.32. The third kappa shape index (κ3) is 2.71. The van der Waals surface area contributed by atoms with Crippen molar-refractivity contribution in [2.24, 2.45) is 11.8 Å². The average molecular weight is 243 g/mol. The first-order chi connectivity index (χ1) is 8.81. The number of rotatable bonds is 2. The molecule has 0 spiro atoms. The van der Waals surface area contributed by atoms with Crippen molar-refractivity contribution in [1.29, 1.82) is 0 Å². The van der Waals surface area contributed by atoms with Crippen molar-refractivity contribution in [1.82, 2.24) is 0 Å². The second-order valence-electron chi connectivity index (χ2n) is 6.32. The second kappa shape index (κ2) is 5.34. The van der Waals surface area contributed by atoms with Gasteiger partial charge in [0.25, 0.3) is 0 Å². The van der Waals surface area contributed by atoms with Crippen LogP contribution < -0.4 is 5.32 Å². The van der Waals surface area contributed by atoms with Crippen molar-refractivity contribution in [2.45, 2.75) is 57.9 Å². The van der Waals surface area contributed by atoms with Crippen LogP contribution >= 0.6 is 0 Å². The number of anilines is 1. The lowest BCUT2D eigenvalue weighted by Gasteiger charge is -2.39. The van der Waals surface area contributed by atoms with Gasteiger partial charge in [-0.05, 0) is 50.2 Å². The normalized spacial score (nSPS) is 31.7. The Labute approximate surface area is 111 Å². The molecule has 0 bridgehead atoms. The third-order valence-corrected chi connectivity index (χ3v) is 4.96. The first kappa shape index (κ1) is 12.1. The molecule has 1 nitrogen and oxygen atoms in total. The molecule has 98 valence electrons. The molecule has 3 unspecified atom stereocenters. The van der Waals surface area contributed by atoms with Crippen molar-refractivity contribution in [3.8, 4) is 0 Å². The van der Waals surface area contributed by atoms with E-state index in [1.807, 2.05) is 0 Å². The van der Waals surface area contributed by atoms with Crippen LogP contribution in [-0.2, 0) is 0 Å². The van der Waals surface area contributed by atoms with Crippen LogP contribution in [0, 0.1) is 18.8 Å². The summed E-state index contributed by atoms with van der Waals surface area (Å²) in [6, 6.07) is 9.57.